The first-order valence-electron chi connectivity index (χ1n) is 4.68. The smallest absolute Gasteiger partial charge is 0.263 e. The van der Waals surface area contributed by atoms with Crippen molar-refractivity contribution in [1.29, 1.82) is 0 Å². The zero-order valence-corrected chi connectivity index (χ0v) is 11.2. The Labute approximate surface area is 107 Å². The largest absolute Gasteiger partial charge is 0.363 e. The lowest BCUT2D eigenvalue weighted by Gasteiger charge is -2.08. The number of hydrogen-bond acceptors (Lipinski definition) is 4. The van der Waals surface area contributed by atoms with Gasteiger partial charge < -0.3 is 4.52 Å². The van der Waals surface area contributed by atoms with Gasteiger partial charge in [0.05, 0.1) is 4.90 Å². The second kappa shape index (κ2) is 4.50. The maximum atomic E-state index is 12.1. The van der Waals surface area contributed by atoms with Crippen LogP contribution >= 0.6 is 15.9 Å². The molecule has 0 atom stereocenters. The van der Waals surface area contributed by atoms with E-state index < -0.39 is 10.0 Å². The lowest BCUT2D eigenvalue weighted by atomic mass is 10.2. The summed E-state index contributed by atoms with van der Waals surface area (Å²) in [6, 6.07) is 6.48. The van der Waals surface area contributed by atoms with E-state index in [0.29, 0.717) is 10.0 Å². The third-order valence-electron chi connectivity index (χ3n) is 2.12. The average molecular weight is 317 g/mol. The quantitative estimate of drug-likeness (QED) is 0.944. The van der Waals surface area contributed by atoms with Crippen LogP contribution in [-0.2, 0) is 10.0 Å². The van der Waals surface area contributed by atoms with Crippen LogP contribution in [0.15, 0.2) is 44.4 Å². The molecule has 0 unspecified atom stereocenters. The fraction of sp³-hybridized carbons (Fsp3) is 0.100. The Bertz CT molecular complexity index is 623. The number of anilines is 1. The van der Waals surface area contributed by atoms with E-state index in [9.17, 15) is 8.42 Å². The van der Waals surface area contributed by atoms with Gasteiger partial charge in [-0.2, -0.15) is 0 Å². The number of aromatic nitrogens is 1. The average Bonchev–Trinajstić information content (AvgIpc) is 2.73. The number of sulfonamides is 1. The van der Waals surface area contributed by atoms with Gasteiger partial charge in [0.25, 0.3) is 10.0 Å². The van der Waals surface area contributed by atoms with Crippen molar-refractivity contribution in [2.75, 3.05) is 4.72 Å². The zero-order chi connectivity index (χ0) is 12.5. The number of aryl methyl sites for hydroxylation is 1. The van der Waals surface area contributed by atoms with Gasteiger partial charge in [-0.05, 0) is 24.6 Å². The molecule has 17 heavy (non-hydrogen) atoms. The molecule has 0 aliphatic rings. The number of benzene rings is 1. The Morgan fingerprint density at radius 2 is 2.12 bits per heavy atom. The molecule has 0 spiro atoms. The van der Waals surface area contributed by atoms with Gasteiger partial charge in [0.15, 0.2) is 5.82 Å². The molecular formula is C10H9BrN2O3S. The molecule has 5 nitrogen and oxygen atoms in total. The van der Waals surface area contributed by atoms with E-state index in [1.165, 1.54) is 18.4 Å². The SMILES string of the molecule is Cc1ccc(Br)cc1S(=O)(=O)Nc1ccon1. The fourth-order valence-electron chi connectivity index (χ4n) is 1.32. The van der Waals surface area contributed by atoms with Crippen molar-refractivity contribution in [3.05, 3.63) is 40.6 Å². The van der Waals surface area contributed by atoms with Crippen LogP contribution in [-0.4, -0.2) is 13.6 Å². The predicted molar refractivity (Wildman–Crippen MR) is 66.2 cm³/mol. The Hall–Kier alpha value is -1.34. The van der Waals surface area contributed by atoms with Crippen molar-refractivity contribution in [2.24, 2.45) is 0 Å². The Morgan fingerprint density at radius 1 is 1.35 bits per heavy atom. The van der Waals surface area contributed by atoms with Gasteiger partial charge >= 0.3 is 0 Å². The highest BCUT2D eigenvalue weighted by atomic mass is 79.9. The first-order valence-corrected chi connectivity index (χ1v) is 6.96. The lowest BCUT2D eigenvalue weighted by Crippen LogP contribution is -2.14. The molecule has 0 aliphatic heterocycles. The molecule has 7 heteroatoms. The summed E-state index contributed by atoms with van der Waals surface area (Å²) >= 11 is 3.24. The first kappa shape index (κ1) is 12.1. The summed E-state index contributed by atoms with van der Waals surface area (Å²) in [4.78, 5) is 0.204. The zero-order valence-electron chi connectivity index (χ0n) is 8.84. The Kier molecular flexibility index (Phi) is 3.21. The highest BCUT2D eigenvalue weighted by Crippen LogP contribution is 2.22. The summed E-state index contributed by atoms with van der Waals surface area (Å²) in [5.74, 6) is 0.157. The minimum Gasteiger partial charge on any atom is -0.363 e. The van der Waals surface area contributed by atoms with Crippen LogP contribution in [0.4, 0.5) is 5.82 Å². The van der Waals surface area contributed by atoms with E-state index in [-0.39, 0.29) is 10.7 Å². The molecule has 1 aromatic carbocycles. The molecule has 2 rings (SSSR count). The molecular weight excluding hydrogens is 308 g/mol. The standard InChI is InChI=1S/C10H9BrN2O3S/c1-7-2-3-8(11)6-9(7)17(14,15)13-10-4-5-16-12-10/h2-6H,1H3,(H,12,13). The molecule has 0 amide bonds. The summed E-state index contributed by atoms with van der Waals surface area (Å²) in [6.45, 7) is 1.73. The van der Waals surface area contributed by atoms with Crippen molar-refractivity contribution in [3.63, 3.8) is 0 Å². The highest BCUT2D eigenvalue weighted by Gasteiger charge is 2.18. The van der Waals surface area contributed by atoms with Crippen molar-refractivity contribution in [2.45, 2.75) is 11.8 Å². The number of rotatable bonds is 3. The maximum Gasteiger partial charge on any atom is 0.263 e. The van der Waals surface area contributed by atoms with Crippen LogP contribution in [0.3, 0.4) is 0 Å². The van der Waals surface area contributed by atoms with E-state index in [0.717, 1.165) is 0 Å². The first-order chi connectivity index (χ1) is 7.99. The minimum atomic E-state index is -3.64. The van der Waals surface area contributed by atoms with Crippen LogP contribution in [0.25, 0.3) is 0 Å². The third-order valence-corrected chi connectivity index (χ3v) is 4.11. The van der Waals surface area contributed by atoms with Crippen LogP contribution in [0, 0.1) is 6.92 Å². The number of hydrogen-bond donors (Lipinski definition) is 1. The molecule has 1 aromatic heterocycles. The van der Waals surface area contributed by atoms with Gasteiger partial charge in [0.1, 0.15) is 6.26 Å². The van der Waals surface area contributed by atoms with E-state index >= 15 is 0 Å². The van der Waals surface area contributed by atoms with E-state index in [1.54, 1.807) is 19.1 Å². The lowest BCUT2D eigenvalue weighted by molar-refractivity contribution is 0.423. The Balaban J connectivity index is 2.41. The van der Waals surface area contributed by atoms with Crippen molar-refractivity contribution in [1.82, 2.24) is 5.16 Å². The minimum absolute atomic E-state index is 0.157. The van der Waals surface area contributed by atoms with Crippen LogP contribution in [0.1, 0.15) is 5.56 Å². The number of nitrogens with one attached hydrogen (secondary N) is 1. The molecule has 0 radical (unpaired) electrons. The molecule has 0 aliphatic carbocycles. The van der Waals surface area contributed by atoms with Crippen molar-refractivity contribution >= 4 is 31.8 Å². The van der Waals surface area contributed by atoms with Crippen LogP contribution in [0.2, 0.25) is 0 Å². The van der Waals surface area contributed by atoms with Gasteiger partial charge in [-0.25, -0.2) is 8.42 Å². The highest BCUT2D eigenvalue weighted by molar-refractivity contribution is 9.10. The number of nitrogens with zero attached hydrogens (tertiary/aromatic N) is 1. The monoisotopic (exact) mass is 316 g/mol. The Morgan fingerprint density at radius 3 is 2.76 bits per heavy atom. The second-order valence-electron chi connectivity index (χ2n) is 3.40. The molecule has 2 aromatic rings. The van der Waals surface area contributed by atoms with E-state index in [1.807, 2.05) is 0 Å². The summed E-state index contributed by atoms with van der Waals surface area (Å²) in [7, 11) is -3.64. The summed E-state index contributed by atoms with van der Waals surface area (Å²) in [5.41, 5.74) is 0.657. The van der Waals surface area contributed by atoms with Gasteiger partial charge in [0.2, 0.25) is 0 Å². The van der Waals surface area contributed by atoms with Crippen LogP contribution in [0.5, 0.6) is 0 Å². The second-order valence-corrected chi connectivity index (χ2v) is 5.97. The third kappa shape index (κ3) is 2.67. The van der Waals surface area contributed by atoms with Gasteiger partial charge in [-0.15, -0.1) is 0 Å². The summed E-state index contributed by atoms with van der Waals surface area (Å²) < 4.78 is 31.7. The van der Waals surface area contributed by atoms with Crippen LogP contribution < -0.4 is 4.72 Å². The normalized spacial score (nSPS) is 11.4. The van der Waals surface area contributed by atoms with Gasteiger partial charge in [0, 0.05) is 10.5 Å². The van der Waals surface area contributed by atoms with Gasteiger partial charge in [-0.1, -0.05) is 27.2 Å². The van der Waals surface area contributed by atoms with E-state index in [4.69, 9.17) is 0 Å². The molecule has 0 saturated heterocycles. The van der Waals surface area contributed by atoms with Crippen molar-refractivity contribution in [3.8, 4) is 0 Å². The molecule has 1 heterocycles. The van der Waals surface area contributed by atoms with Gasteiger partial charge in [-0.3, -0.25) is 4.72 Å². The molecule has 0 bridgehead atoms. The van der Waals surface area contributed by atoms with Crippen molar-refractivity contribution < 1.29 is 12.9 Å². The molecule has 0 fully saturated rings. The number of halogens is 1. The fourth-order valence-corrected chi connectivity index (χ4v) is 3.10. The topological polar surface area (TPSA) is 72.2 Å². The van der Waals surface area contributed by atoms with E-state index in [2.05, 4.69) is 30.3 Å². The molecule has 1 N–H and O–H groups in total. The summed E-state index contributed by atoms with van der Waals surface area (Å²) in [5, 5.41) is 3.50. The molecule has 90 valence electrons. The predicted octanol–water partition coefficient (Wildman–Crippen LogP) is 2.55. The summed E-state index contributed by atoms with van der Waals surface area (Å²) in [6.07, 6.45) is 1.30. The maximum absolute atomic E-state index is 12.1. The molecule has 0 saturated carbocycles.